The van der Waals surface area contributed by atoms with Crippen molar-refractivity contribution < 1.29 is 9.84 Å². The Labute approximate surface area is 218 Å². The maximum absolute atomic E-state index is 10.8. The summed E-state index contributed by atoms with van der Waals surface area (Å²) in [6.45, 7) is 5.25. The molecule has 10 nitrogen and oxygen atoms in total. The standard InChI is InChI=1S/C27H36N8O2/c1-27(2,36)19-12-17-8-7-9-18(17)13-21(19)31-25-29-16-30-26(33-25)32-22-14-20(28)23(15-24(22)37-6)35(5)11-10-34(3)4/h7,9,12-16,36H,8,10-11,28H2,1-6H3,(H2,29,30,31,32,33). The van der Waals surface area contributed by atoms with Gasteiger partial charge >= 0.3 is 0 Å². The molecule has 4 rings (SSSR count). The van der Waals surface area contributed by atoms with Crippen LogP contribution in [0.15, 0.2) is 36.7 Å². The van der Waals surface area contributed by atoms with Crippen molar-refractivity contribution in [3.05, 3.63) is 53.4 Å². The monoisotopic (exact) mass is 504 g/mol. The van der Waals surface area contributed by atoms with Gasteiger partial charge in [0.15, 0.2) is 0 Å². The van der Waals surface area contributed by atoms with Gasteiger partial charge in [0.25, 0.3) is 0 Å². The molecule has 1 aromatic heterocycles. The second-order valence-electron chi connectivity index (χ2n) is 9.98. The van der Waals surface area contributed by atoms with E-state index in [9.17, 15) is 5.11 Å². The summed E-state index contributed by atoms with van der Waals surface area (Å²) < 4.78 is 5.63. The molecule has 0 atom stereocenters. The normalized spacial score (nSPS) is 12.5. The first-order chi connectivity index (χ1) is 17.5. The molecule has 0 saturated heterocycles. The lowest BCUT2D eigenvalue weighted by Crippen LogP contribution is -2.29. The molecular weight excluding hydrogens is 468 g/mol. The number of rotatable bonds is 10. The van der Waals surface area contributed by atoms with Crippen molar-refractivity contribution in [1.29, 1.82) is 0 Å². The lowest BCUT2D eigenvalue weighted by molar-refractivity contribution is 0.0793. The van der Waals surface area contributed by atoms with Gasteiger partial charge in [0.2, 0.25) is 11.9 Å². The van der Waals surface area contributed by atoms with Crippen LogP contribution in [0.3, 0.4) is 0 Å². The molecule has 0 amide bonds. The van der Waals surface area contributed by atoms with Gasteiger partial charge in [0.1, 0.15) is 12.1 Å². The Kier molecular flexibility index (Phi) is 7.51. The number of nitrogen functional groups attached to an aromatic ring is 1. The fraction of sp³-hybridized carbons (Fsp3) is 0.370. The van der Waals surface area contributed by atoms with Crippen LogP contribution in [0, 0.1) is 0 Å². The highest BCUT2D eigenvalue weighted by Gasteiger charge is 2.23. The molecule has 37 heavy (non-hydrogen) atoms. The van der Waals surface area contributed by atoms with E-state index in [1.807, 2.05) is 45.4 Å². The van der Waals surface area contributed by atoms with Crippen molar-refractivity contribution in [2.45, 2.75) is 25.9 Å². The molecule has 3 aromatic rings. The molecule has 0 radical (unpaired) electrons. The van der Waals surface area contributed by atoms with Crippen LogP contribution < -0.4 is 26.0 Å². The predicted molar refractivity (Wildman–Crippen MR) is 150 cm³/mol. The zero-order valence-corrected chi connectivity index (χ0v) is 22.3. The fourth-order valence-corrected chi connectivity index (χ4v) is 4.23. The number of hydrogen-bond donors (Lipinski definition) is 4. The zero-order chi connectivity index (χ0) is 26.7. The zero-order valence-electron chi connectivity index (χ0n) is 22.3. The second kappa shape index (κ2) is 10.6. The molecule has 5 N–H and O–H groups in total. The fourth-order valence-electron chi connectivity index (χ4n) is 4.23. The first-order valence-electron chi connectivity index (χ1n) is 12.2. The van der Waals surface area contributed by atoms with Crippen LogP contribution in [0.2, 0.25) is 0 Å². The van der Waals surface area contributed by atoms with Crippen molar-refractivity contribution in [3.63, 3.8) is 0 Å². The third kappa shape index (κ3) is 6.10. The van der Waals surface area contributed by atoms with E-state index in [1.54, 1.807) is 21.0 Å². The Morgan fingerprint density at radius 1 is 1.03 bits per heavy atom. The number of anilines is 6. The van der Waals surface area contributed by atoms with Crippen LogP contribution in [0.5, 0.6) is 5.75 Å². The topological polar surface area (TPSA) is 125 Å². The van der Waals surface area contributed by atoms with Gasteiger partial charge in [0, 0.05) is 37.5 Å². The summed E-state index contributed by atoms with van der Waals surface area (Å²) in [6, 6.07) is 7.76. The Morgan fingerprint density at radius 3 is 2.38 bits per heavy atom. The van der Waals surface area contributed by atoms with E-state index in [4.69, 9.17) is 10.5 Å². The summed E-state index contributed by atoms with van der Waals surface area (Å²) in [5.41, 5.74) is 11.3. The summed E-state index contributed by atoms with van der Waals surface area (Å²) in [5.74, 6) is 1.29. The van der Waals surface area contributed by atoms with Gasteiger partial charge in [-0.05, 0) is 63.7 Å². The van der Waals surface area contributed by atoms with Gasteiger partial charge in [-0.2, -0.15) is 4.98 Å². The smallest absolute Gasteiger partial charge is 0.232 e. The summed E-state index contributed by atoms with van der Waals surface area (Å²) >= 11 is 0. The number of fused-ring (bicyclic) bond motifs is 1. The SMILES string of the molecule is COc1cc(N(C)CCN(C)C)c(N)cc1Nc1ncnc(Nc2cc3c(cc2C(C)(C)O)CC=C3)n1. The molecule has 0 saturated carbocycles. The first kappa shape index (κ1) is 26.2. The van der Waals surface area contributed by atoms with E-state index in [0.717, 1.165) is 42.0 Å². The maximum atomic E-state index is 10.8. The summed E-state index contributed by atoms with van der Waals surface area (Å²) in [5, 5.41) is 17.2. The van der Waals surface area contributed by atoms with Gasteiger partial charge in [-0.1, -0.05) is 12.2 Å². The van der Waals surface area contributed by atoms with E-state index < -0.39 is 5.60 Å². The van der Waals surface area contributed by atoms with Gasteiger partial charge < -0.3 is 36.0 Å². The van der Waals surface area contributed by atoms with E-state index in [-0.39, 0.29) is 0 Å². The number of allylic oxidation sites excluding steroid dienone is 1. The third-order valence-corrected chi connectivity index (χ3v) is 6.28. The van der Waals surface area contributed by atoms with Crippen LogP contribution in [-0.2, 0) is 12.0 Å². The Bertz CT molecular complexity index is 1300. The minimum Gasteiger partial charge on any atom is -0.494 e. The van der Waals surface area contributed by atoms with Crippen molar-refractivity contribution >= 4 is 40.7 Å². The van der Waals surface area contributed by atoms with Crippen LogP contribution in [0.4, 0.5) is 34.6 Å². The number of benzene rings is 2. The lowest BCUT2D eigenvalue weighted by atomic mass is 9.92. The lowest BCUT2D eigenvalue weighted by Gasteiger charge is -2.24. The maximum Gasteiger partial charge on any atom is 0.232 e. The number of ether oxygens (including phenoxy) is 1. The van der Waals surface area contributed by atoms with E-state index in [1.165, 1.54) is 11.9 Å². The van der Waals surface area contributed by atoms with Gasteiger partial charge in [-0.25, -0.2) is 9.97 Å². The Morgan fingerprint density at radius 2 is 1.73 bits per heavy atom. The number of aromatic nitrogens is 3. The van der Waals surface area contributed by atoms with Crippen LogP contribution in [-0.4, -0.2) is 66.3 Å². The largest absolute Gasteiger partial charge is 0.494 e. The molecule has 0 aliphatic heterocycles. The molecule has 1 aliphatic rings. The molecular formula is C27H36N8O2. The van der Waals surface area contributed by atoms with E-state index in [2.05, 4.69) is 47.5 Å². The molecule has 0 bridgehead atoms. The number of methoxy groups -OCH3 is 1. The summed E-state index contributed by atoms with van der Waals surface area (Å²) in [7, 11) is 7.69. The van der Waals surface area contributed by atoms with Crippen LogP contribution in [0.25, 0.3) is 6.08 Å². The average Bonchev–Trinajstić information content (AvgIpc) is 3.29. The molecule has 0 fully saturated rings. The molecule has 2 aromatic carbocycles. The van der Waals surface area contributed by atoms with Crippen molar-refractivity contribution in [1.82, 2.24) is 19.9 Å². The van der Waals surface area contributed by atoms with E-state index >= 15 is 0 Å². The molecule has 1 aliphatic carbocycles. The second-order valence-corrected chi connectivity index (χ2v) is 9.98. The minimum absolute atomic E-state index is 0.328. The van der Waals surface area contributed by atoms with Crippen molar-refractivity contribution in [2.75, 3.05) is 62.6 Å². The van der Waals surface area contributed by atoms with Crippen molar-refractivity contribution in [2.24, 2.45) is 0 Å². The number of likely N-dealkylation sites (N-methyl/N-ethyl adjacent to an activating group) is 2. The summed E-state index contributed by atoms with van der Waals surface area (Å²) in [6.07, 6.45) is 6.47. The van der Waals surface area contributed by atoms with Crippen LogP contribution in [0.1, 0.15) is 30.5 Å². The number of nitrogens with two attached hydrogens (primary N) is 1. The van der Waals surface area contributed by atoms with Crippen molar-refractivity contribution in [3.8, 4) is 5.75 Å². The number of aliphatic hydroxyl groups is 1. The average molecular weight is 505 g/mol. The van der Waals surface area contributed by atoms with Crippen LogP contribution >= 0.6 is 0 Å². The molecule has 0 unspecified atom stereocenters. The van der Waals surface area contributed by atoms with E-state index in [0.29, 0.717) is 29.0 Å². The molecule has 10 heteroatoms. The van der Waals surface area contributed by atoms with Gasteiger partial charge in [-0.15, -0.1) is 0 Å². The highest BCUT2D eigenvalue weighted by Crippen LogP contribution is 2.37. The number of nitrogens with zero attached hydrogens (tertiary/aromatic N) is 5. The molecule has 0 spiro atoms. The highest BCUT2D eigenvalue weighted by atomic mass is 16.5. The quantitative estimate of drug-likeness (QED) is 0.303. The highest BCUT2D eigenvalue weighted by molar-refractivity contribution is 5.79. The number of hydrogen-bond acceptors (Lipinski definition) is 10. The van der Waals surface area contributed by atoms with Gasteiger partial charge in [0.05, 0.1) is 29.8 Å². The number of nitrogens with one attached hydrogen (secondary N) is 2. The Hall–Kier alpha value is -3.89. The van der Waals surface area contributed by atoms with Gasteiger partial charge in [-0.3, -0.25) is 0 Å². The first-order valence-corrected chi connectivity index (χ1v) is 12.2. The Balaban J connectivity index is 1.58. The third-order valence-electron chi connectivity index (χ3n) is 6.28. The predicted octanol–water partition coefficient (Wildman–Crippen LogP) is 3.74. The minimum atomic E-state index is -1.04. The summed E-state index contributed by atoms with van der Waals surface area (Å²) in [4.78, 5) is 17.3. The molecule has 1 heterocycles. The molecule has 196 valence electrons.